The van der Waals surface area contributed by atoms with Crippen molar-refractivity contribution in [3.05, 3.63) is 156 Å². The lowest BCUT2D eigenvalue weighted by Gasteiger charge is -2.06. The van der Waals surface area contributed by atoms with Crippen LogP contribution < -0.4 is 15.1 Å². The molecule has 0 fully saturated rings. The third kappa shape index (κ3) is 11.4. The molecule has 0 radical (unpaired) electrons. The zero-order valence-electron chi connectivity index (χ0n) is 26.4. The molecule has 2 aromatic heterocycles. The van der Waals surface area contributed by atoms with Gasteiger partial charge in [0.1, 0.15) is 9.79 Å². The Morgan fingerprint density at radius 3 is 1.40 bits per heavy atom. The number of sulfonamides is 2. The molecule has 6 N–H and O–H groups in total. The smallest absolute Gasteiger partial charge is 0.423 e. The highest BCUT2D eigenvalue weighted by Gasteiger charge is 2.19. The van der Waals surface area contributed by atoms with Crippen molar-refractivity contribution >= 4 is 112 Å². The van der Waals surface area contributed by atoms with E-state index in [0.29, 0.717) is 15.9 Å². The SMILES string of the molecule is NS(=O)(=O)c1cc(C(=O)c2ccc(-c3cccs3)cc2)ccc1Cl.NS(=O)(=O)c1cc(C(=O)c2ccc(I)cc2)ccc1Cl.OB(O)c1cccs1. The minimum Gasteiger partial charge on any atom is -0.423 e. The van der Waals surface area contributed by atoms with Gasteiger partial charge in [0, 0.05) is 35.5 Å². The van der Waals surface area contributed by atoms with E-state index in [9.17, 15) is 26.4 Å². The molecule has 0 saturated carbocycles. The van der Waals surface area contributed by atoms with E-state index in [-0.39, 0.29) is 42.5 Å². The van der Waals surface area contributed by atoms with Crippen LogP contribution >= 0.6 is 68.5 Å². The second-order valence-electron chi connectivity index (χ2n) is 10.5. The summed E-state index contributed by atoms with van der Waals surface area (Å²) >= 11 is 16.7. The molecule has 10 nitrogen and oxygen atoms in total. The molecule has 0 aliphatic carbocycles. The van der Waals surface area contributed by atoms with Crippen molar-refractivity contribution in [2.75, 3.05) is 0 Å². The summed E-state index contributed by atoms with van der Waals surface area (Å²) in [5.74, 6) is -0.586. The molecular formula is C34H26BCl2IN2O8S4. The third-order valence-electron chi connectivity index (χ3n) is 6.86. The average Bonchev–Trinajstić information content (AvgIpc) is 3.84. The topological polar surface area (TPSA) is 195 Å². The maximum absolute atomic E-state index is 12.6. The molecule has 0 aliphatic heterocycles. The summed E-state index contributed by atoms with van der Waals surface area (Å²) in [4.78, 5) is 25.4. The summed E-state index contributed by atoms with van der Waals surface area (Å²) in [6, 6.07) is 29.5. The number of primary sulfonamides is 2. The maximum atomic E-state index is 12.6. The number of carbonyl (C=O) groups is 2. The molecule has 2 heterocycles. The molecular weight excluding hydrogens is 901 g/mol. The fourth-order valence-electron chi connectivity index (χ4n) is 4.33. The Balaban J connectivity index is 0.000000194. The Bertz CT molecular complexity index is 2400. The number of thiophene rings is 2. The summed E-state index contributed by atoms with van der Waals surface area (Å²) < 4.78 is 47.4. The Morgan fingerprint density at radius 1 is 0.615 bits per heavy atom. The van der Waals surface area contributed by atoms with Crippen LogP contribution in [0.2, 0.25) is 10.0 Å². The minimum atomic E-state index is -3.99. The van der Waals surface area contributed by atoms with Gasteiger partial charge in [0.2, 0.25) is 20.0 Å². The van der Waals surface area contributed by atoms with Gasteiger partial charge >= 0.3 is 7.12 Å². The molecule has 4 aromatic carbocycles. The van der Waals surface area contributed by atoms with E-state index >= 15 is 0 Å². The van der Waals surface area contributed by atoms with Gasteiger partial charge < -0.3 is 10.0 Å². The second kappa shape index (κ2) is 18.2. The van der Waals surface area contributed by atoms with Gasteiger partial charge in [-0.05, 0) is 106 Å². The van der Waals surface area contributed by atoms with E-state index < -0.39 is 27.2 Å². The van der Waals surface area contributed by atoms with Gasteiger partial charge in [-0.15, -0.1) is 11.3 Å². The number of hydrogen-bond donors (Lipinski definition) is 4. The van der Waals surface area contributed by atoms with E-state index in [1.807, 2.05) is 29.6 Å². The van der Waals surface area contributed by atoms with Crippen molar-refractivity contribution in [3.63, 3.8) is 0 Å². The van der Waals surface area contributed by atoms with Gasteiger partial charge in [-0.2, -0.15) is 11.3 Å². The van der Waals surface area contributed by atoms with Crippen LogP contribution in [0.1, 0.15) is 31.8 Å². The van der Waals surface area contributed by atoms with Crippen molar-refractivity contribution in [2.24, 2.45) is 10.3 Å². The quantitative estimate of drug-likeness (QED) is 0.0788. The number of hydrogen-bond acceptors (Lipinski definition) is 10. The van der Waals surface area contributed by atoms with Crippen LogP contribution in [0.25, 0.3) is 10.4 Å². The monoisotopic (exact) mass is 926 g/mol. The number of nitrogens with two attached hydrogens (primary N) is 2. The first-order valence-electron chi connectivity index (χ1n) is 14.5. The van der Waals surface area contributed by atoms with E-state index in [2.05, 4.69) is 22.6 Å². The normalized spacial score (nSPS) is 11.1. The first-order chi connectivity index (χ1) is 24.5. The van der Waals surface area contributed by atoms with Crippen LogP contribution in [0, 0.1) is 3.57 Å². The van der Waals surface area contributed by atoms with Gasteiger partial charge in [-0.3, -0.25) is 9.59 Å². The van der Waals surface area contributed by atoms with Crippen LogP contribution in [-0.4, -0.2) is 45.6 Å². The fraction of sp³-hybridized carbons (Fsp3) is 0. The molecule has 0 amide bonds. The molecule has 6 rings (SSSR count). The van der Waals surface area contributed by atoms with Crippen LogP contribution in [-0.2, 0) is 20.0 Å². The zero-order valence-corrected chi connectivity index (χ0v) is 33.3. The Labute approximate surface area is 332 Å². The number of ketones is 2. The summed E-state index contributed by atoms with van der Waals surface area (Å²) in [5.41, 5.74) is 2.38. The third-order valence-corrected chi connectivity index (χ3v) is 12.2. The fourth-order valence-corrected chi connectivity index (χ4v) is 8.15. The highest BCUT2D eigenvalue weighted by molar-refractivity contribution is 14.1. The van der Waals surface area contributed by atoms with Gasteiger partial charge in [0.15, 0.2) is 11.6 Å². The minimum absolute atomic E-state index is 0.00772. The predicted octanol–water partition coefficient (Wildman–Crippen LogP) is 6.20. The van der Waals surface area contributed by atoms with E-state index in [1.165, 1.54) is 47.7 Å². The Kier molecular flexibility index (Phi) is 14.5. The summed E-state index contributed by atoms with van der Waals surface area (Å²) in [6.07, 6.45) is 0. The maximum Gasteiger partial charge on any atom is 0.499 e. The Hall–Kier alpha value is -3.27. The number of rotatable bonds is 8. The summed E-state index contributed by atoms with van der Waals surface area (Å²) in [5, 5.41) is 30.9. The summed E-state index contributed by atoms with van der Waals surface area (Å²) in [6.45, 7) is 0. The van der Waals surface area contributed by atoms with Gasteiger partial charge in [0.05, 0.1) is 10.0 Å². The predicted molar refractivity (Wildman–Crippen MR) is 216 cm³/mol. The highest BCUT2D eigenvalue weighted by atomic mass is 127. The first-order valence-corrected chi connectivity index (χ1v) is 21.2. The van der Waals surface area contributed by atoms with Gasteiger partial charge in [-0.1, -0.05) is 65.7 Å². The number of carbonyl (C=O) groups excluding carboxylic acids is 2. The number of benzene rings is 4. The molecule has 0 saturated heterocycles. The average molecular weight is 927 g/mol. The van der Waals surface area contributed by atoms with Crippen molar-refractivity contribution in [1.82, 2.24) is 0 Å². The van der Waals surface area contributed by atoms with Gasteiger partial charge in [-0.25, -0.2) is 27.1 Å². The molecule has 0 spiro atoms. The molecule has 0 unspecified atom stereocenters. The number of halogens is 3. The Morgan fingerprint density at radius 2 is 1.04 bits per heavy atom. The first kappa shape index (κ1) is 41.5. The zero-order chi connectivity index (χ0) is 38.2. The summed E-state index contributed by atoms with van der Waals surface area (Å²) in [7, 11) is -9.25. The molecule has 0 atom stereocenters. The largest absolute Gasteiger partial charge is 0.499 e. The van der Waals surface area contributed by atoms with Crippen LogP contribution in [0.4, 0.5) is 0 Å². The molecule has 0 aliphatic rings. The van der Waals surface area contributed by atoms with Crippen LogP contribution in [0.3, 0.4) is 0 Å². The lowest BCUT2D eigenvalue weighted by atomic mass is 9.90. The van der Waals surface area contributed by atoms with E-state index in [4.69, 9.17) is 43.5 Å². The molecule has 52 heavy (non-hydrogen) atoms. The van der Waals surface area contributed by atoms with Crippen molar-refractivity contribution in [1.29, 1.82) is 0 Å². The van der Waals surface area contributed by atoms with E-state index in [1.54, 1.807) is 65.2 Å². The molecule has 268 valence electrons. The van der Waals surface area contributed by atoms with Crippen molar-refractivity contribution < 1.29 is 36.5 Å². The highest BCUT2D eigenvalue weighted by Crippen LogP contribution is 2.27. The lowest BCUT2D eigenvalue weighted by molar-refractivity contribution is 0.103. The molecule has 6 aromatic rings. The van der Waals surface area contributed by atoms with Gasteiger partial charge in [0.25, 0.3) is 0 Å². The van der Waals surface area contributed by atoms with Crippen molar-refractivity contribution in [3.8, 4) is 10.4 Å². The van der Waals surface area contributed by atoms with E-state index in [0.717, 1.165) is 14.0 Å². The lowest BCUT2D eigenvalue weighted by Crippen LogP contribution is -2.26. The van der Waals surface area contributed by atoms with Crippen LogP contribution in [0.15, 0.2) is 130 Å². The standard InChI is InChI=1S/C17H12ClNO3S2.C13H9ClINO3S.C4H5BO2S/c18-14-8-7-13(10-16(14)24(19,21)22)17(20)12-5-3-11(4-6-12)15-2-1-9-23-15;14-11-6-3-9(7-12(11)20(16,18)19)13(17)8-1-4-10(15)5-2-8;6-5(7)4-2-1-3-8-4/h1-10H,(H2,19,21,22);1-7H,(H2,16,18,19);1-3,6-7H. The van der Waals surface area contributed by atoms with Crippen LogP contribution in [0.5, 0.6) is 0 Å². The van der Waals surface area contributed by atoms with Crippen molar-refractivity contribution in [2.45, 2.75) is 9.79 Å². The molecule has 18 heteroatoms. The second-order valence-corrected chi connectivity index (χ2v) is 17.5. The molecule has 0 bridgehead atoms.